The van der Waals surface area contributed by atoms with Crippen molar-refractivity contribution in [3.8, 4) is 0 Å². The predicted molar refractivity (Wildman–Crippen MR) is 85.7 cm³/mol. The summed E-state index contributed by atoms with van der Waals surface area (Å²) in [5.74, 6) is -0.473. The number of hydrogen-bond acceptors (Lipinski definition) is 4. The fourth-order valence-corrected chi connectivity index (χ4v) is 1.64. The van der Waals surface area contributed by atoms with Crippen LogP contribution in [0.25, 0.3) is 0 Å². The fourth-order valence-electron chi connectivity index (χ4n) is 1.64. The standard InChI is InChI=1S/C15H22N2O3.ClH/c1-4-10(3)13(16)14(18)17-12-8-6-11(7-9-12)15(19)20-5-2;/h6-10,13H,4-5,16H2,1-3H3,(H,17,18);1H. The van der Waals surface area contributed by atoms with Gasteiger partial charge in [0, 0.05) is 5.69 Å². The van der Waals surface area contributed by atoms with Gasteiger partial charge in [-0.1, -0.05) is 20.3 Å². The van der Waals surface area contributed by atoms with Gasteiger partial charge in [-0.15, -0.1) is 12.4 Å². The number of benzene rings is 1. The molecule has 1 rings (SSSR count). The molecular weight excluding hydrogens is 292 g/mol. The van der Waals surface area contributed by atoms with Crippen LogP contribution in [0.4, 0.5) is 5.69 Å². The van der Waals surface area contributed by atoms with E-state index in [1.165, 1.54) is 0 Å². The second-order valence-electron chi connectivity index (χ2n) is 4.70. The Kier molecular flexibility index (Phi) is 8.66. The molecule has 1 amide bonds. The van der Waals surface area contributed by atoms with Crippen LogP contribution in [0.3, 0.4) is 0 Å². The van der Waals surface area contributed by atoms with Crippen molar-refractivity contribution in [3.63, 3.8) is 0 Å². The normalized spacial score (nSPS) is 12.8. The maximum Gasteiger partial charge on any atom is 0.338 e. The monoisotopic (exact) mass is 314 g/mol. The van der Waals surface area contributed by atoms with Crippen molar-refractivity contribution in [1.82, 2.24) is 0 Å². The highest BCUT2D eigenvalue weighted by molar-refractivity contribution is 5.95. The predicted octanol–water partition coefficient (Wildman–Crippen LogP) is 2.60. The van der Waals surface area contributed by atoms with Crippen LogP contribution in [-0.2, 0) is 9.53 Å². The highest BCUT2D eigenvalue weighted by Crippen LogP contribution is 2.13. The smallest absolute Gasteiger partial charge is 0.338 e. The van der Waals surface area contributed by atoms with Gasteiger partial charge in [0.2, 0.25) is 5.91 Å². The van der Waals surface area contributed by atoms with Gasteiger partial charge in [0.05, 0.1) is 18.2 Å². The van der Waals surface area contributed by atoms with Crippen LogP contribution in [0, 0.1) is 5.92 Å². The Bertz CT molecular complexity index is 462. The first kappa shape index (κ1) is 19.4. The molecule has 2 unspecified atom stereocenters. The summed E-state index contributed by atoms with van der Waals surface area (Å²) in [6, 6.07) is 6.01. The summed E-state index contributed by atoms with van der Waals surface area (Å²) < 4.78 is 4.89. The third-order valence-corrected chi connectivity index (χ3v) is 3.22. The molecule has 0 heterocycles. The van der Waals surface area contributed by atoms with Crippen LogP contribution in [-0.4, -0.2) is 24.5 Å². The van der Waals surface area contributed by atoms with Crippen LogP contribution in [0.5, 0.6) is 0 Å². The Hall–Kier alpha value is -1.59. The second-order valence-corrected chi connectivity index (χ2v) is 4.70. The maximum absolute atomic E-state index is 11.9. The molecule has 0 bridgehead atoms. The van der Waals surface area contributed by atoms with Crippen molar-refractivity contribution in [1.29, 1.82) is 0 Å². The second kappa shape index (κ2) is 9.37. The number of halogens is 1. The lowest BCUT2D eigenvalue weighted by Gasteiger charge is -2.17. The summed E-state index contributed by atoms with van der Waals surface area (Å²) in [6.45, 7) is 6.02. The molecule has 2 atom stereocenters. The number of esters is 1. The summed E-state index contributed by atoms with van der Waals surface area (Å²) in [5, 5.41) is 2.74. The Morgan fingerprint density at radius 2 is 1.81 bits per heavy atom. The summed E-state index contributed by atoms with van der Waals surface area (Å²) in [7, 11) is 0. The first-order valence-corrected chi connectivity index (χ1v) is 6.83. The van der Waals surface area contributed by atoms with E-state index in [4.69, 9.17) is 10.5 Å². The molecule has 0 aliphatic carbocycles. The Labute approximate surface area is 131 Å². The summed E-state index contributed by atoms with van der Waals surface area (Å²) >= 11 is 0. The molecule has 0 saturated carbocycles. The van der Waals surface area contributed by atoms with Gasteiger partial charge < -0.3 is 15.8 Å². The number of nitrogens with one attached hydrogen (secondary N) is 1. The lowest BCUT2D eigenvalue weighted by Crippen LogP contribution is -2.40. The number of carbonyl (C=O) groups is 2. The number of anilines is 1. The van der Waals surface area contributed by atoms with Crippen LogP contribution in [0.2, 0.25) is 0 Å². The van der Waals surface area contributed by atoms with Crippen LogP contribution in [0.15, 0.2) is 24.3 Å². The first-order valence-electron chi connectivity index (χ1n) is 6.83. The van der Waals surface area contributed by atoms with Crippen molar-refractivity contribution < 1.29 is 14.3 Å². The number of ether oxygens (including phenoxy) is 1. The molecule has 1 aromatic rings. The van der Waals surface area contributed by atoms with E-state index in [0.29, 0.717) is 17.9 Å². The minimum Gasteiger partial charge on any atom is -0.462 e. The van der Waals surface area contributed by atoms with E-state index in [0.717, 1.165) is 6.42 Å². The highest BCUT2D eigenvalue weighted by atomic mass is 35.5. The molecule has 0 fully saturated rings. The molecule has 0 spiro atoms. The third-order valence-electron chi connectivity index (χ3n) is 3.22. The molecule has 5 nitrogen and oxygen atoms in total. The molecule has 0 saturated heterocycles. The van der Waals surface area contributed by atoms with Gasteiger partial charge in [-0.05, 0) is 37.1 Å². The molecule has 0 aromatic heterocycles. The van der Waals surface area contributed by atoms with Crippen LogP contribution >= 0.6 is 12.4 Å². The van der Waals surface area contributed by atoms with Crippen molar-refractivity contribution in [3.05, 3.63) is 29.8 Å². The molecule has 6 heteroatoms. The SMILES string of the molecule is CCOC(=O)c1ccc(NC(=O)C(N)C(C)CC)cc1.Cl. The Morgan fingerprint density at radius 3 is 2.29 bits per heavy atom. The molecule has 0 aliphatic heterocycles. The Morgan fingerprint density at radius 1 is 1.24 bits per heavy atom. The Balaban J connectivity index is 0.00000400. The van der Waals surface area contributed by atoms with E-state index in [1.807, 2.05) is 13.8 Å². The molecule has 0 radical (unpaired) electrons. The average molecular weight is 315 g/mol. The highest BCUT2D eigenvalue weighted by Gasteiger charge is 2.19. The number of nitrogens with two attached hydrogens (primary N) is 1. The van der Waals surface area contributed by atoms with Crippen molar-refractivity contribution in [2.45, 2.75) is 33.2 Å². The lowest BCUT2D eigenvalue weighted by atomic mass is 9.99. The molecule has 118 valence electrons. The number of carbonyl (C=O) groups excluding carboxylic acids is 2. The van der Waals surface area contributed by atoms with Gasteiger partial charge in [0.25, 0.3) is 0 Å². The summed E-state index contributed by atoms with van der Waals surface area (Å²) in [5.41, 5.74) is 6.92. The van der Waals surface area contributed by atoms with Crippen LogP contribution < -0.4 is 11.1 Å². The van der Waals surface area contributed by atoms with E-state index >= 15 is 0 Å². The molecular formula is C15H23ClN2O3. The molecule has 0 aliphatic rings. The largest absolute Gasteiger partial charge is 0.462 e. The molecule has 1 aromatic carbocycles. The van der Waals surface area contributed by atoms with Gasteiger partial charge in [-0.25, -0.2) is 4.79 Å². The number of hydrogen-bond donors (Lipinski definition) is 2. The van der Waals surface area contributed by atoms with Crippen molar-refractivity contribution >= 4 is 30.0 Å². The van der Waals surface area contributed by atoms with Crippen LogP contribution in [0.1, 0.15) is 37.6 Å². The number of amides is 1. The van der Waals surface area contributed by atoms with E-state index in [-0.39, 0.29) is 30.2 Å². The van der Waals surface area contributed by atoms with E-state index < -0.39 is 6.04 Å². The summed E-state index contributed by atoms with van der Waals surface area (Å²) in [6.07, 6.45) is 0.844. The third kappa shape index (κ3) is 5.73. The minimum absolute atomic E-state index is 0. The topological polar surface area (TPSA) is 81.4 Å². The fraction of sp³-hybridized carbons (Fsp3) is 0.467. The van der Waals surface area contributed by atoms with E-state index in [1.54, 1.807) is 31.2 Å². The lowest BCUT2D eigenvalue weighted by molar-refractivity contribution is -0.118. The first-order chi connectivity index (χ1) is 9.49. The van der Waals surface area contributed by atoms with Gasteiger partial charge in [-0.2, -0.15) is 0 Å². The zero-order valence-electron chi connectivity index (χ0n) is 12.6. The zero-order valence-corrected chi connectivity index (χ0v) is 13.4. The zero-order chi connectivity index (χ0) is 15.1. The van der Waals surface area contributed by atoms with Gasteiger partial charge in [-0.3, -0.25) is 4.79 Å². The van der Waals surface area contributed by atoms with Crippen molar-refractivity contribution in [2.24, 2.45) is 11.7 Å². The molecule has 3 N–H and O–H groups in total. The summed E-state index contributed by atoms with van der Waals surface area (Å²) in [4.78, 5) is 23.4. The van der Waals surface area contributed by atoms with Crippen molar-refractivity contribution in [2.75, 3.05) is 11.9 Å². The van der Waals surface area contributed by atoms with Gasteiger partial charge in [0.1, 0.15) is 0 Å². The van der Waals surface area contributed by atoms with Gasteiger partial charge in [0.15, 0.2) is 0 Å². The van der Waals surface area contributed by atoms with Gasteiger partial charge >= 0.3 is 5.97 Å². The number of rotatable bonds is 6. The van der Waals surface area contributed by atoms with E-state index in [9.17, 15) is 9.59 Å². The maximum atomic E-state index is 11.9. The average Bonchev–Trinajstić information content (AvgIpc) is 2.46. The minimum atomic E-state index is -0.537. The van der Waals surface area contributed by atoms with E-state index in [2.05, 4.69) is 5.32 Å². The quantitative estimate of drug-likeness (QED) is 0.791. The molecule has 21 heavy (non-hydrogen) atoms.